The molecule has 0 unspecified atom stereocenters. The summed E-state index contributed by atoms with van der Waals surface area (Å²) in [6.07, 6.45) is -2.77. The summed E-state index contributed by atoms with van der Waals surface area (Å²) in [6.45, 7) is 0. The first-order valence-electron chi connectivity index (χ1n) is 6.41. The largest absolute Gasteiger partial charge is 0.339 e. The first-order valence-corrected chi connectivity index (χ1v) is 6.41. The topological polar surface area (TPSA) is 77.9 Å². The fourth-order valence-electron chi connectivity index (χ4n) is 1.97. The molecule has 1 atom stereocenters. The van der Waals surface area contributed by atoms with Gasteiger partial charge >= 0.3 is 0 Å². The number of hydrogen-bond acceptors (Lipinski definition) is 2. The van der Waals surface area contributed by atoms with E-state index in [2.05, 4.69) is 15.3 Å². The minimum Gasteiger partial charge on any atom is -0.339 e. The Kier molecular flexibility index (Phi) is 5.06. The molecule has 5 nitrogen and oxygen atoms in total. The minimum atomic E-state index is -2.77. The Morgan fingerprint density at radius 1 is 1.09 bits per heavy atom. The van der Waals surface area contributed by atoms with Crippen LogP contribution in [0, 0.1) is 0 Å². The molecule has 0 bridgehead atoms. The molecule has 0 radical (unpaired) electrons. The van der Waals surface area contributed by atoms with E-state index in [9.17, 15) is 13.6 Å². The van der Waals surface area contributed by atoms with E-state index in [1.807, 2.05) is 0 Å². The minimum absolute atomic E-state index is 0.0434. The Labute approximate surface area is 125 Å². The molecule has 0 aliphatic heterocycles. The fraction of sp³-hybridized carbons (Fsp3) is 0.133. The number of alkyl halides is 2. The summed E-state index contributed by atoms with van der Waals surface area (Å²) in [5.41, 5.74) is 8.91. The van der Waals surface area contributed by atoms with Gasteiger partial charge in [0.1, 0.15) is 6.04 Å². The SMILES string of the molecule is [N-]=[N+]=Nc1ccccc1C(=O)N[C@H](c1ccccc1)C(F)F. The Bertz CT molecular complexity index is 700. The molecule has 1 amide bonds. The molecule has 2 aromatic rings. The molecule has 0 spiro atoms. The van der Waals surface area contributed by atoms with Gasteiger partial charge in [-0.1, -0.05) is 53.6 Å². The summed E-state index contributed by atoms with van der Waals surface area (Å²) in [5.74, 6) is -0.725. The van der Waals surface area contributed by atoms with E-state index in [4.69, 9.17) is 5.53 Å². The number of nitrogens with one attached hydrogen (secondary N) is 1. The lowest BCUT2D eigenvalue weighted by Gasteiger charge is -2.18. The summed E-state index contributed by atoms with van der Waals surface area (Å²) >= 11 is 0. The van der Waals surface area contributed by atoms with Gasteiger partial charge in [-0.15, -0.1) is 0 Å². The van der Waals surface area contributed by atoms with Crippen molar-refractivity contribution in [1.82, 2.24) is 5.32 Å². The highest BCUT2D eigenvalue weighted by atomic mass is 19.3. The van der Waals surface area contributed by atoms with Crippen LogP contribution in [0.3, 0.4) is 0 Å². The molecule has 1 N–H and O–H groups in total. The lowest BCUT2D eigenvalue weighted by Crippen LogP contribution is -2.33. The monoisotopic (exact) mass is 302 g/mol. The van der Waals surface area contributed by atoms with Crippen LogP contribution >= 0.6 is 0 Å². The zero-order valence-corrected chi connectivity index (χ0v) is 11.4. The highest BCUT2D eigenvalue weighted by molar-refractivity contribution is 5.99. The normalized spacial score (nSPS) is 11.6. The van der Waals surface area contributed by atoms with Gasteiger partial charge in [-0.05, 0) is 17.2 Å². The predicted octanol–water partition coefficient (Wildman–Crippen LogP) is 4.36. The van der Waals surface area contributed by atoms with Crippen molar-refractivity contribution in [1.29, 1.82) is 0 Å². The lowest BCUT2D eigenvalue weighted by molar-refractivity contribution is 0.0744. The van der Waals surface area contributed by atoms with Crippen LogP contribution in [0.2, 0.25) is 0 Å². The molecule has 0 saturated heterocycles. The highest BCUT2D eigenvalue weighted by Crippen LogP contribution is 2.23. The molecule has 0 heterocycles. The summed E-state index contributed by atoms with van der Waals surface area (Å²) in [5, 5.41) is 5.66. The highest BCUT2D eigenvalue weighted by Gasteiger charge is 2.25. The number of rotatable bonds is 5. The van der Waals surface area contributed by atoms with Gasteiger partial charge in [0.2, 0.25) is 0 Å². The van der Waals surface area contributed by atoms with Crippen LogP contribution in [-0.2, 0) is 0 Å². The van der Waals surface area contributed by atoms with Crippen LogP contribution in [0.15, 0.2) is 59.7 Å². The molecular weight excluding hydrogens is 290 g/mol. The third kappa shape index (κ3) is 3.59. The maximum Gasteiger partial charge on any atom is 0.262 e. The van der Waals surface area contributed by atoms with E-state index in [1.165, 1.54) is 24.3 Å². The number of benzene rings is 2. The number of hydrogen-bond donors (Lipinski definition) is 1. The molecular formula is C15H12F2N4O. The number of nitrogens with zero attached hydrogens (tertiary/aromatic N) is 3. The summed E-state index contributed by atoms with van der Waals surface area (Å²) in [4.78, 5) is 14.8. The molecule has 2 rings (SSSR count). The van der Waals surface area contributed by atoms with Crippen LogP contribution in [0.1, 0.15) is 22.0 Å². The van der Waals surface area contributed by atoms with Gasteiger partial charge in [-0.3, -0.25) is 4.79 Å². The average molecular weight is 302 g/mol. The third-order valence-electron chi connectivity index (χ3n) is 3.00. The van der Waals surface area contributed by atoms with Gasteiger partial charge in [0.05, 0.1) is 5.69 Å². The van der Waals surface area contributed by atoms with Crippen molar-refractivity contribution >= 4 is 11.6 Å². The van der Waals surface area contributed by atoms with Gasteiger partial charge in [0.25, 0.3) is 12.3 Å². The first-order chi connectivity index (χ1) is 10.6. The van der Waals surface area contributed by atoms with Crippen molar-refractivity contribution in [3.8, 4) is 0 Å². The van der Waals surface area contributed by atoms with Crippen molar-refractivity contribution < 1.29 is 13.6 Å². The molecule has 112 valence electrons. The summed E-state index contributed by atoms with van der Waals surface area (Å²) in [7, 11) is 0. The number of carbonyl (C=O) groups excluding carboxylic acids is 1. The van der Waals surface area contributed by atoms with Gasteiger partial charge in [0.15, 0.2) is 0 Å². The Morgan fingerprint density at radius 3 is 2.36 bits per heavy atom. The van der Waals surface area contributed by atoms with E-state index in [0.29, 0.717) is 5.56 Å². The summed E-state index contributed by atoms with van der Waals surface area (Å²) in [6, 6.07) is 12.5. The molecule has 2 aromatic carbocycles. The molecule has 0 saturated carbocycles. The van der Waals surface area contributed by atoms with E-state index >= 15 is 0 Å². The van der Waals surface area contributed by atoms with Crippen molar-refractivity contribution in [3.63, 3.8) is 0 Å². The summed E-state index contributed by atoms with van der Waals surface area (Å²) < 4.78 is 26.4. The first kappa shape index (κ1) is 15.5. The maximum absolute atomic E-state index is 13.2. The third-order valence-corrected chi connectivity index (χ3v) is 3.00. The number of halogens is 2. The van der Waals surface area contributed by atoms with Crippen molar-refractivity contribution in [2.45, 2.75) is 12.5 Å². The van der Waals surface area contributed by atoms with Crippen LogP contribution in [0.5, 0.6) is 0 Å². The fourth-order valence-corrected chi connectivity index (χ4v) is 1.97. The second-order valence-corrected chi connectivity index (χ2v) is 4.40. The molecule has 7 heteroatoms. The van der Waals surface area contributed by atoms with E-state index in [0.717, 1.165) is 0 Å². The second kappa shape index (κ2) is 7.19. The Balaban J connectivity index is 2.28. The van der Waals surface area contributed by atoms with Crippen LogP contribution in [-0.4, -0.2) is 12.3 Å². The van der Waals surface area contributed by atoms with Crippen LogP contribution in [0.4, 0.5) is 14.5 Å². The van der Waals surface area contributed by atoms with Crippen LogP contribution < -0.4 is 5.32 Å². The van der Waals surface area contributed by atoms with Crippen LogP contribution in [0.25, 0.3) is 10.4 Å². The Hall–Kier alpha value is -2.92. The van der Waals surface area contributed by atoms with Gasteiger partial charge < -0.3 is 5.32 Å². The quantitative estimate of drug-likeness (QED) is 0.497. The molecule has 0 fully saturated rings. The van der Waals surface area contributed by atoms with Gasteiger partial charge in [-0.2, -0.15) is 0 Å². The van der Waals surface area contributed by atoms with Crippen molar-refractivity contribution in [2.24, 2.45) is 5.11 Å². The van der Waals surface area contributed by atoms with E-state index in [-0.39, 0.29) is 11.3 Å². The standard InChI is InChI=1S/C15H12F2N4O/c16-14(17)13(10-6-2-1-3-7-10)19-15(22)11-8-4-5-9-12(11)20-21-18/h1-9,13-14H,(H,19,22)/t13-/m1/s1. The lowest BCUT2D eigenvalue weighted by atomic mass is 10.1. The average Bonchev–Trinajstić information content (AvgIpc) is 2.54. The van der Waals surface area contributed by atoms with E-state index in [1.54, 1.807) is 30.3 Å². The van der Waals surface area contributed by atoms with Gasteiger partial charge in [-0.25, -0.2) is 8.78 Å². The van der Waals surface area contributed by atoms with E-state index < -0.39 is 18.4 Å². The van der Waals surface area contributed by atoms with Crippen molar-refractivity contribution in [2.75, 3.05) is 0 Å². The molecule has 0 aliphatic carbocycles. The number of azide groups is 1. The number of amides is 1. The zero-order valence-electron chi connectivity index (χ0n) is 11.4. The molecule has 0 aromatic heterocycles. The maximum atomic E-state index is 13.2. The predicted molar refractivity (Wildman–Crippen MR) is 77.9 cm³/mol. The van der Waals surface area contributed by atoms with Gasteiger partial charge in [0, 0.05) is 10.5 Å². The smallest absolute Gasteiger partial charge is 0.262 e. The number of carbonyl (C=O) groups is 1. The van der Waals surface area contributed by atoms with Crippen molar-refractivity contribution in [3.05, 3.63) is 76.2 Å². The zero-order chi connectivity index (χ0) is 15.9. The Morgan fingerprint density at radius 2 is 1.73 bits per heavy atom. The molecule has 0 aliphatic rings. The molecule has 22 heavy (non-hydrogen) atoms. The second-order valence-electron chi connectivity index (χ2n) is 4.40.